The molecule has 0 unspecified atom stereocenters. The minimum Gasteiger partial charge on any atom is -0.321 e. The van der Waals surface area contributed by atoms with Crippen LogP contribution in [0.4, 0.5) is 5.69 Å². The quantitative estimate of drug-likeness (QED) is 0.279. The topological polar surface area (TPSA) is 72.2 Å². The zero-order valence-electron chi connectivity index (χ0n) is 17.6. The maximum atomic E-state index is 12.8. The first-order chi connectivity index (χ1) is 16.1. The lowest BCUT2D eigenvalue weighted by molar-refractivity contribution is 0.102. The molecule has 0 aliphatic carbocycles. The van der Waals surface area contributed by atoms with Gasteiger partial charge in [-0.05, 0) is 49.4 Å². The Kier molecular flexibility index (Phi) is 5.93. The average Bonchev–Trinajstić information content (AvgIpc) is 3.25. The molecule has 6 nitrogen and oxygen atoms in total. The lowest BCUT2D eigenvalue weighted by Gasteiger charge is -2.11. The molecule has 1 amide bonds. The van der Waals surface area contributed by atoms with E-state index in [0.29, 0.717) is 17.2 Å². The number of nitrogens with zero attached hydrogens (tertiary/aromatic N) is 4. The number of benzene rings is 3. The monoisotopic (exact) mass is 515 g/mol. The summed E-state index contributed by atoms with van der Waals surface area (Å²) in [6.07, 6.45) is 0. The first kappa shape index (κ1) is 21.4. The third kappa shape index (κ3) is 4.67. The van der Waals surface area contributed by atoms with Crippen LogP contribution in [-0.2, 0) is 0 Å². The van der Waals surface area contributed by atoms with Gasteiger partial charge in [-0.2, -0.15) is 9.50 Å². The molecule has 0 aliphatic rings. The van der Waals surface area contributed by atoms with Gasteiger partial charge in [0.05, 0.1) is 5.69 Å². The second-order valence-electron chi connectivity index (χ2n) is 7.31. The second-order valence-corrected chi connectivity index (χ2v) is 9.29. The number of nitrogens with one attached hydrogen (secondary N) is 1. The molecule has 0 spiro atoms. The van der Waals surface area contributed by atoms with Gasteiger partial charge >= 0.3 is 0 Å². The van der Waals surface area contributed by atoms with Gasteiger partial charge in [-0.1, -0.05) is 70.2 Å². The van der Waals surface area contributed by atoms with Gasteiger partial charge in [0.15, 0.2) is 5.82 Å². The molecule has 2 aromatic heterocycles. The maximum Gasteiger partial charge on any atom is 0.255 e. The van der Waals surface area contributed by atoms with Crippen molar-refractivity contribution < 1.29 is 4.79 Å². The summed E-state index contributed by atoms with van der Waals surface area (Å²) in [5, 5.41) is 8.58. The van der Waals surface area contributed by atoms with E-state index >= 15 is 0 Å². The van der Waals surface area contributed by atoms with Gasteiger partial charge in [-0.3, -0.25) is 4.79 Å². The highest BCUT2D eigenvalue weighted by Gasteiger charge is 2.15. The van der Waals surface area contributed by atoms with E-state index in [1.807, 2.05) is 79.7 Å². The number of anilines is 1. The molecule has 5 aromatic rings. The van der Waals surface area contributed by atoms with Crippen molar-refractivity contribution in [3.05, 3.63) is 101 Å². The number of aryl methyl sites for hydroxylation is 1. The van der Waals surface area contributed by atoms with Crippen LogP contribution in [0.1, 0.15) is 16.1 Å². The van der Waals surface area contributed by atoms with Crippen molar-refractivity contribution in [2.45, 2.75) is 16.8 Å². The molecule has 0 saturated heterocycles. The van der Waals surface area contributed by atoms with Gasteiger partial charge in [-0.25, -0.2) is 4.98 Å². The number of fused-ring (bicyclic) bond motifs is 1. The number of carbonyl (C=O) groups is 1. The van der Waals surface area contributed by atoms with Gasteiger partial charge in [-0.15, -0.1) is 5.10 Å². The summed E-state index contributed by atoms with van der Waals surface area (Å²) in [5.74, 6) is 0.985. The van der Waals surface area contributed by atoms with E-state index in [9.17, 15) is 4.79 Å². The Hall–Kier alpha value is -3.49. The fourth-order valence-corrected chi connectivity index (χ4v) is 4.61. The van der Waals surface area contributed by atoms with E-state index in [0.717, 1.165) is 31.3 Å². The Bertz CT molecular complexity index is 1450. The standard InChI is InChI=1S/C25H18BrN5OS/c1-16-15-22(31-25(27-16)29-23(30-31)17-7-3-2-4-8-17)33-21-10-6-5-9-20(21)28-24(32)18-11-13-19(26)14-12-18/h2-15H,1H3,(H,28,32). The number of hydrogen-bond donors (Lipinski definition) is 1. The molecule has 33 heavy (non-hydrogen) atoms. The highest BCUT2D eigenvalue weighted by molar-refractivity contribution is 9.10. The number of hydrogen-bond acceptors (Lipinski definition) is 5. The van der Waals surface area contributed by atoms with Crippen LogP contribution < -0.4 is 5.32 Å². The zero-order chi connectivity index (χ0) is 22.8. The van der Waals surface area contributed by atoms with Crippen LogP contribution in [0.15, 0.2) is 99.3 Å². The van der Waals surface area contributed by atoms with Crippen molar-refractivity contribution in [2.24, 2.45) is 0 Å². The van der Waals surface area contributed by atoms with Gasteiger partial charge in [0.1, 0.15) is 5.03 Å². The van der Waals surface area contributed by atoms with Crippen LogP contribution in [0.5, 0.6) is 0 Å². The molecule has 162 valence electrons. The highest BCUT2D eigenvalue weighted by atomic mass is 79.9. The van der Waals surface area contributed by atoms with Crippen molar-refractivity contribution in [3.63, 3.8) is 0 Å². The average molecular weight is 516 g/mol. The zero-order valence-corrected chi connectivity index (χ0v) is 20.0. The van der Waals surface area contributed by atoms with Crippen LogP contribution >= 0.6 is 27.7 Å². The summed E-state index contributed by atoms with van der Waals surface area (Å²) in [6.45, 7) is 1.93. The molecule has 1 N–H and O–H groups in total. The predicted octanol–water partition coefficient (Wildman–Crippen LogP) is 6.27. The molecule has 0 bridgehead atoms. The predicted molar refractivity (Wildman–Crippen MR) is 134 cm³/mol. The SMILES string of the molecule is Cc1cc(Sc2ccccc2NC(=O)c2ccc(Br)cc2)n2nc(-c3ccccc3)nc2n1. The molecular formula is C25H18BrN5OS. The summed E-state index contributed by atoms with van der Waals surface area (Å²) < 4.78 is 2.67. The minimum atomic E-state index is -0.168. The fourth-order valence-electron chi connectivity index (χ4n) is 3.30. The third-order valence-corrected chi connectivity index (χ3v) is 6.50. The Balaban J connectivity index is 1.48. The van der Waals surface area contributed by atoms with E-state index in [1.54, 1.807) is 16.6 Å². The maximum absolute atomic E-state index is 12.8. The molecule has 0 aliphatic heterocycles. The normalized spacial score (nSPS) is 11.0. The lowest BCUT2D eigenvalue weighted by atomic mass is 10.2. The van der Waals surface area contributed by atoms with Gasteiger partial charge in [0.2, 0.25) is 0 Å². The molecule has 2 heterocycles. The van der Waals surface area contributed by atoms with Crippen molar-refractivity contribution in [3.8, 4) is 11.4 Å². The molecule has 0 radical (unpaired) electrons. The van der Waals surface area contributed by atoms with Crippen molar-refractivity contribution in [1.29, 1.82) is 0 Å². The minimum absolute atomic E-state index is 0.168. The molecule has 0 saturated carbocycles. The van der Waals surface area contributed by atoms with Crippen LogP contribution in [0.25, 0.3) is 17.2 Å². The fraction of sp³-hybridized carbons (Fsp3) is 0.0400. The van der Waals surface area contributed by atoms with Gasteiger partial charge < -0.3 is 5.32 Å². The first-order valence-electron chi connectivity index (χ1n) is 10.2. The molecular weight excluding hydrogens is 498 g/mol. The number of carbonyl (C=O) groups excluding carboxylic acids is 1. The van der Waals surface area contributed by atoms with E-state index in [2.05, 4.69) is 31.2 Å². The molecule has 8 heteroatoms. The highest BCUT2D eigenvalue weighted by Crippen LogP contribution is 2.34. The van der Waals surface area contributed by atoms with Gasteiger partial charge in [0, 0.05) is 26.2 Å². The summed E-state index contributed by atoms with van der Waals surface area (Å²) in [4.78, 5) is 22.8. The van der Waals surface area contributed by atoms with Crippen LogP contribution in [-0.4, -0.2) is 25.5 Å². The number of aromatic nitrogens is 4. The summed E-state index contributed by atoms with van der Waals surface area (Å²) in [6, 6.07) is 26.8. The third-order valence-electron chi connectivity index (χ3n) is 4.90. The lowest BCUT2D eigenvalue weighted by Crippen LogP contribution is -2.12. The largest absolute Gasteiger partial charge is 0.321 e. The first-order valence-corrected chi connectivity index (χ1v) is 11.8. The number of amides is 1. The van der Waals surface area contributed by atoms with E-state index in [-0.39, 0.29) is 5.91 Å². The Labute approximate surface area is 203 Å². The second kappa shape index (κ2) is 9.17. The Morgan fingerprint density at radius 1 is 0.939 bits per heavy atom. The van der Waals surface area contributed by atoms with E-state index < -0.39 is 0 Å². The summed E-state index contributed by atoms with van der Waals surface area (Å²) >= 11 is 4.90. The van der Waals surface area contributed by atoms with Crippen LogP contribution in [0.3, 0.4) is 0 Å². The van der Waals surface area contributed by atoms with Crippen LogP contribution in [0, 0.1) is 6.92 Å². The number of rotatable bonds is 5. The Morgan fingerprint density at radius 2 is 1.67 bits per heavy atom. The van der Waals surface area contributed by atoms with Crippen molar-refractivity contribution >= 4 is 45.1 Å². The molecule has 0 atom stereocenters. The van der Waals surface area contributed by atoms with E-state index in [1.165, 1.54) is 11.8 Å². The molecule has 0 fully saturated rings. The number of para-hydroxylation sites is 1. The number of halogens is 1. The van der Waals surface area contributed by atoms with Crippen molar-refractivity contribution in [2.75, 3.05) is 5.32 Å². The van der Waals surface area contributed by atoms with Gasteiger partial charge in [0.25, 0.3) is 11.7 Å². The smallest absolute Gasteiger partial charge is 0.255 e. The molecule has 3 aromatic carbocycles. The van der Waals surface area contributed by atoms with Crippen LogP contribution in [0.2, 0.25) is 0 Å². The molecule has 5 rings (SSSR count). The summed E-state index contributed by atoms with van der Waals surface area (Å²) in [5.41, 5.74) is 3.08. The Morgan fingerprint density at radius 3 is 2.45 bits per heavy atom. The van der Waals surface area contributed by atoms with E-state index in [4.69, 9.17) is 5.10 Å². The van der Waals surface area contributed by atoms with Crippen molar-refractivity contribution in [1.82, 2.24) is 19.6 Å². The summed E-state index contributed by atoms with van der Waals surface area (Å²) in [7, 11) is 0.